The van der Waals surface area contributed by atoms with Crippen molar-refractivity contribution >= 4 is 5.91 Å². The summed E-state index contributed by atoms with van der Waals surface area (Å²) in [6.45, 7) is 3.78. The highest BCUT2D eigenvalue weighted by molar-refractivity contribution is 5.76. The molecule has 6 N–H and O–H groups in total. The molecule has 1 aliphatic rings. The van der Waals surface area contributed by atoms with Crippen LogP contribution in [-0.4, -0.2) is 87.5 Å². The van der Waals surface area contributed by atoms with Gasteiger partial charge >= 0.3 is 0 Å². The Morgan fingerprint density at radius 2 is 1.17 bits per heavy atom. The average molecular weight is 686 g/mol. The molecule has 0 radical (unpaired) electrons. The second-order valence-electron chi connectivity index (χ2n) is 14.1. The molecule has 0 bridgehead atoms. The topological polar surface area (TPSA) is 149 Å². The summed E-state index contributed by atoms with van der Waals surface area (Å²) in [4.78, 5) is 12.9. The molecule has 1 rings (SSSR count). The minimum absolute atomic E-state index is 0.147. The van der Waals surface area contributed by atoms with Crippen LogP contribution in [0.15, 0.2) is 12.2 Å². The molecule has 1 saturated heterocycles. The molecule has 1 heterocycles. The number of carbonyl (C=O) groups excluding carboxylic acids is 1. The first-order valence-corrected chi connectivity index (χ1v) is 19.9. The van der Waals surface area contributed by atoms with Crippen molar-refractivity contribution in [2.24, 2.45) is 0 Å². The van der Waals surface area contributed by atoms with E-state index in [0.29, 0.717) is 12.8 Å². The van der Waals surface area contributed by atoms with Gasteiger partial charge in [0.25, 0.3) is 0 Å². The number of aliphatic hydroxyl groups is 5. The number of allylic oxidation sites excluding steroid dienone is 2. The van der Waals surface area contributed by atoms with E-state index >= 15 is 0 Å². The normalized spacial score (nSPS) is 22.7. The lowest BCUT2D eigenvalue weighted by Gasteiger charge is -2.40. The molecule has 0 aliphatic carbocycles. The molecule has 0 saturated carbocycles. The van der Waals surface area contributed by atoms with Crippen molar-refractivity contribution in [3.63, 3.8) is 0 Å². The summed E-state index contributed by atoms with van der Waals surface area (Å²) < 4.78 is 11.2. The third-order valence-corrected chi connectivity index (χ3v) is 9.62. The third kappa shape index (κ3) is 21.9. The van der Waals surface area contributed by atoms with Gasteiger partial charge in [0.1, 0.15) is 24.4 Å². The Labute approximate surface area is 293 Å². The van der Waals surface area contributed by atoms with Crippen molar-refractivity contribution in [3.05, 3.63) is 12.2 Å². The van der Waals surface area contributed by atoms with E-state index in [4.69, 9.17) is 9.47 Å². The van der Waals surface area contributed by atoms with Crippen LogP contribution >= 0.6 is 0 Å². The molecule has 2 unspecified atom stereocenters. The van der Waals surface area contributed by atoms with Gasteiger partial charge in [-0.3, -0.25) is 4.79 Å². The fourth-order valence-corrected chi connectivity index (χ4v) is 6.33. The Balaban J connectivity index is 2.41. The number of amides is 1. The fourth-order valence-electron chi connectivity index (χ4n) is 6.33. The summed E-state index contributed by atoms with van der Waals surface area (Å²) in [6, 6.07) is -0.727. The van der Waals surface area contributed by atoms with E-state index in [1.54, 1.807) is 0 Å². The molecule has 284 valence electrons. The van der Waals surface area contributed by atoms with Crippen molar-refractivity contribution in [1.82, 2.24) is 5.32 Å². The third-order valence-electron chi connectivity index (χ3n) is 9.62. The Kier molecular flexibility index (Phi) is 28.8. The van der Waals surface area contributed by atoms with Crippen molar-refractivity contribution in [2.75, 3.05) is 13.2 Å². The number of nitrogens with one attached hydrogen (secondary N) is 1. The first kappa shape index (κ1) is 45.0. The van der Waals surface area contributed by atoms with Gasteiger partial charge in [-0.1, -0.05) is 142 Å². The predicted octanol–water partition coefficient (Wildman–Crippen LogP) is 7.00. The highest BCUT2D eigenvalue weighted by atomic mass is 16.7. The standard InChI is InChI=1S/C39H75NO8/c1-3-5-7-9-11-13-15-16-17-19-21-23-25-27-29-35(43)40-32(31-47-39-38(46)37(45)36(44)34(30-41)48-39)33(42)28-26-24-22-20-18-14-12-10-8-6-4-2/h18,20,32-34,36-39,41-42,44-46H,3-17,19,21-31H2,1-2H3,(H,40,43)/b20-18+/t32-,33+,34-,36-,37?,38?,39-/m0/s1. The highest BCUT2D eigenvalue weighted by Crippen LogP contribution is 2.23. The summed E-state index contributed by atoms with van der Waals surface area (Å²) in [5.74, 6) is -0.155. The molecule has 1 fully saturated rings. The van der Waals surface area contributed by atoms with E-state index in [-0.39, 0.29) is 12.5 Å². The lowest BCUT2D eigenvalue weighted by atomic mass is 9.99. The van der Waals surface area contributed by atoms with Gasteiger partial charge in [0.05, 0.1) is 25.4 Å². The SMILES string of the molecule is CCCCCCC/C=C/CCCC[C@@H](O)[C@H](CO[C@H]1O[C@@H](CO)[C@H](O)C(O)C1O)NC(=O)CCCCCCCCCCCCCCCC. The van der Waals surface area contributed by atoms with Gasteiger partial charge in [-0.05, 0) is 38.5 Å². The van der Waals surface area contributed by atoms with E-state index in [1.807, 2.05) is 0 Å². The fraction of sp³-hybridized carbons (Fsp3) is 0.923. The van der Waals surface area contributed by atoms with E-state index in [1.165, 1.54) is 103 Å². The lowest BCUT2D eigenvalue weighted by Crippen LogP contribution is -2.60. The van der Waals surface area contributed by atoms with Crippen LogP contribution in [0.1, 0.15) is 174 Å². The molecule has 1 amide bonds. The Morgan fingerprint density at radius 3 is 1.69 bits per heavy atom. The van der Waals surface area contributed by atoms with Crippen LogP contribution in [0.5, 0.6) is 0 Å². The lowest BCUT2D eigenvalue weighted by molar-refractivity contribution is -0.302. The molecule has 1 aliphatic heterocycles. The van der Waals surface area contributed by atoms with Gasteiger partial charge in [-0.25, -0.2) is 0 Å². The van der Waals surface area contributed by atoms with Crippen LogP contribution in [0, 0.1) is 0 Å². The maximum atomic E-state index is 12.9. The van der Waals surface area contributed by atoms with Gasteiger partial charge in [0, 0.05) is 6.42 Å². The Hall–Kier alpha value is -1.07. The van der Waals surface area contributed by atoms with E-state index in [0.717, 1.165) is 44.9 Å². The number of aliphatic hydroxyl groups excluding tert-OH is 5. The van der Waals surface area contributed by atoms with Gasteiger partial charge in [0.2, 0.25) is 5.91 Å². The van der Waals surface area contributed by atoms with Gasteiger partial charge in [-0.2, -0.15) is 0 Å². The number of hydrogen-bond donors (Lipinski definition) is 6. The first-order chi connectivity index (χ1) is 23.3. The molecule has 7 atom stereocenters. The molecule has 0 spiro atoms. The molecule has 9 heteroatoms. The molecular weight excluding hydrogens is 610 g/mol. The predicted molar refractivity (Wildman–Crippen MR) is 194 cm³/mol. The summed E-state index contributed by atoms with van der Waals surface area (Å²) >= 11 is 0. The summed E-state index contributed by atoms with van der Waals surface area (Å²) in [5.41, 5.74) is 0. The Bertz CT molecular complexity index is 766. The average Bonchev–Trinajstić information content (AvgIpc) is 3.08. The van der Waals surface area contributed by atoms with Crippen LogP contribution in [-0.2, 0) is 14.3 Å². The van der Waals surface area contributed by atoms with Crippen molar-refractivity contribution < 1.29 is 39.8 Å². The number of rotatable bonds is 32. The van der Waals surface area contributed by atoms with E-state index < -0.39 is 49.5 Å². The molecule has 0 aromatic carbocycles. The highest BCUT2D eigenvalue weighted by Gasteiger charge is 2.44. The molecule has 48 heavy (non-hydrogen) atoms. The first-order valence-electron chi connectivity index (χ1n) is 19.9. The summed E-state index contributed by atoms with van der Waals surface area (Å²) in [5, 5.41) is 54.0. The largest absolute Gasteiger partial charge is 0.394 e. The maximum Gasteiger partial charge on any atom is 0.220 e. The molecular formula is C39H75NO8. The second kappa shape index (κ2) is 30.7. The summed E-state index contributed by atoms with van der Waals surface area (Å²) in [7, 11) is 0. The number of unbranched alkanes of at least 4 members (excludes halogenated alkanes) is 20. The minimum atomic E-state index is -1.55. The van der Waals surface area contributed by atoms with Crippen molar-refractivity contribution in [3.8, 4) is 0 Å². The van der Waals surface area contributed by atoms with Gasteiger partial charge in [-0.15, -0.1) is 0 Å². The van der Waals surface area contributed by atoms with Gasteiger partial charge < -0.3 is 40.3 Å². The van der Waals surface area contributed by atoms with E-state index in [2.05, 4.69) is 31.3 Å². The van der Waals surface area contributed by atoms with Gasteiger partial charge in [0.15, 0.2) is 6.29 Å². The molecule has 9 nitrogen and oxygen atoms in total. The smallest absolute Gasteiger partial charge is 0.220 e. The second-order valence-corrected chi connectivity index (χ2v) is 14.1. The number of hydrogen-bond acceptors (Lipinski definition) is 8. The monoisotopic (exact) mass is 686 g/mol. The van der Waals surface area contributed by atoms with Crippen LogP contribution < -0.4 is 5.32 Å². The van der Waals surface area contributed by atoms with E-state index in [9.17, 15) is 30.3 Å². The number of ether oxygens (including phenoxy) is 2. The maximum absolute atomic E-state index is 12.9. The van der Waals surface area contributed by atoms with Crippen LogP contribution in [0.4, 0.5) is 0 Å². The minimum Gasteiger partial charge on any atom is -0.394 e. The number of carbonyl (C=O) groups is 1. The van der Waals surface area contributed by atoms with Crippen LogP contribution in [0.3, 0.4) is 0 Å². The van der Waals surface area contributed by atoms with Crippen molar-refractivity contribution in [2.45, 2.75) is 217 Å². The zero-order valence-electron chi connectivity index (χ0n) is 30.7. The van der Waals surface area contributed by atoms with Crippen LogP contribution in [0.25, 0.3) is 0 Å². The van der Waals surface area contributed by atoms with Crippen molar-refractivity contribution in [1.29, 1.82) is 0 Å². The van der Waals surface area contributed by atoms with Crippen LogP contribution in [0.2, 0.25) is 0 Å². The Morgan fingerprint density at radius 1 is 0.688 bits per heavy atom. The quantitative estimate of drug-likeness (QED) is 0.0328. The molecule has 0 aromatic rings. The molecule has 0 aromatic heterocycles. The summed E-state index contributed by atoms with van der Waals surface area (Å²) in [6.07, 6.45) is 25.0. The zero-order chi connectivity index (χ0) is 35.2. The zero-order valence-corrected chi connectivity index (χ0v) is 30.7.